The predicted octanol–water partition coefficient (Wildman–Crippen LogP) is 0.886. The van der Waals surface area contributed by atoms with E-state index in [-0.39, 0.29) is 6.54 Å². The third kappa shape index (κ3) is 1.76. The molecule has 2 aliphatic heterocycles. The third-order valence-electron chi connectivity index (χ3n) is 3.53. The van der Waals surface area contributed by atoms with E-state index in [1.807, 2.05) is 6.07 Å². The van der Waals surface area contributed by atoms with Crippen molar-refractivity contribution in [3.05, 3.63) is 23.3 Å². The molecule has 0 saturated heterocycles. The highest BCUT2D eigenvalue weighted by Gasteiger charge is 2.38. The van der Waals surface area contributed by atoms with Crippen molar-refractivity contribution in [2.24, 2.45) is 5.92 Å². The highest BCUT2D eigenvalue weighted by atomic mass is 16.7. The molecule has 1 unspecified atom stereocenters. The van der Waals surface area contributed by atoms with E-state index in [2.05, 4.69) is 0 Å². The molecule has 100 valence electrons. The third-order valence-corrected chi connectivity index (χ3v) is 3.53. The van der Waals surface area contributed by atoms with Gasteiger partial charge in [-0.25, -0.2) is 0 Å². The largest absolute Gasteiger partial charge is 0.493 e. The number of fused-ring (bicyclic) bond motifs is 2. The molecule has 0 saturated carbocycles. The number of ketones is 1. The molecular formula is C13H13NO5. The Morgan fingerprint density at radius 3 is 3.00 bits per heavy atom. The van der Waals surface area contributed by atoms with Gasteiger partial charge in [0.25, 0.3) is 0 Å². The SMILES string of the molecule is CON1CC(C(=O)O)C(=O)c2cc3c(cc21)CCO3. The molecule has 0 bridgehead atoms. The van der Waals surface area contributed by atoms with E-state index in [4.69, 9.17) is 14.7 Å². The average molecular weight is 263 g/mol. The van der Waals surface area contributed by atoms with E-state index >= 15 is 0 Å². The van der Waals surface area contributed by atoms with Crippen LogP contribution in [0.1, 0.15) is 15.9 Å². The smallest absolute Gasteiger partial charge is 0.316 e. The fraction of sp³-hybridized carbons (Fsp3) is 0.385. The fourth-order valence-electron chi connectivity index (χ4n) is 2.51. The van der Waals surface area contributed by atoms with E-state index in [0.29, 0.717) is 23.6 Å². The summed E-state index contributed by atoms with van der Waals surface area (Å²) in [5, 5.41) is 10.6. The van der Waals surface area contributed by atoms with Gasteiger partial charge in [-0.05, 0) is 17.7 Å². The lowest BCUT2D eigenvalue weighted by Gasteiger charge is -2.31. The molecule has 19 heavy (non-hydrogen) atoms. The molecule has 0 aliphatic carbocycles. The minimum atomic E-state index is -1.14. The number of benzene rings is 1. The standard InChI is InChI=1S/C13H13NO5/c1-18-14-6-9(13(16)17)12(15)8-5-11-7(2-3-19-11)4-10(8)14/h4-5,9H,2-3,6H2,1H3,(H,16,17). The Labute approximate surface area is 109 Å². The van der Waals surface area contributed by atoms with Gasteiger partial charge in [0.15, 0.2) is 5.78 Å². The number of carboxylic acids is 1. The molecule has 0 aromatic heterocycles. The van der Waals surface area contributed by atoms with Crippen LogP contribution in [0.25, 0.3) is 0 Å². The van der Waals surface area contributed by atoms with Crippen LogP contribution in [0.15, 0.2) is 12.1 Å². The summed E-state index contributed by atoms with van der Waals surface area (Å²) in [4.78, 5) is 28.5. The number of hydroxylamine groups is 1. The van der Waals surface area contributed by atoms with Crippen LogP contribution in [-0.4, -0.2) is 37.1 Å². The maximum absolute atomic E-state index is 12.2. The molecule has 6 nitrogen and oxygen atoms in total. The summed E-state index contributed by atoms with van der Waals surface area (Å²) in [6.45, 7) is 0.610. The first-order valence-electron chi connectivity index (χ1n) is 6.00. The summed E-state index contributed by atoms with van der Waals surface area (Å²) in [5.41, 5.74) is 1.98. The molecule has 0 radical (unpaired) electrons. The van der Waals surface area contributed by atoms with Gasteiger partial charge in [0.2, 0.25) is 0 Å². The number of carbonyl (C=O) groups excluding carboxylic acids is 1. The molecule has 0 amide bonds. The lowest BCUT2D eigenvalue weighted by atomic mass is 9.91. The number of nitrogens with zero attached hydrogens (tertiary/aromatic N) is 1. The van der Waals surface area contributed by atoms with Gasteiger partial charge in [-0.2, -0.15) is 0 Å². The summed E-state index contributed by atoms with van der Waals surface area (Å²) in [7, 11) is 1.46. The first-order valence-corrected chi connectivity index (χ1v) is 6.00. The Morgan fingerprint density at radius 2 is 2.32 bits per heavy atom. The molecule has 6 heteroatoms. The summed E-state index contributed by atoms with van der Waals surface area (Å²) >= 11 is 0. The highest BCUT2D eigenvalue weighted by molar-refractivity contribution is 6.13. The van der Waals surface area contributed by atoms with Crippen LogP contribution >= 0.6 is 0 Å². The molecule has 1 aromatic carbocycles. The van der Waals surface area contributed by atoms with Crippen LogP contribution < -0.4 is 9.80 Å². The van der Waals surface area contributed by atoms with E-state index in [9.17, 15) is 9.59 Å². The number of anilines is 1. The topological polar surface area (TPSA) is 76.1 Å². The number of Topliss-reactive ketones (excluding diaryl/α,β-unsaturated/α-hetero) is 1. The number of ether oxygens (including phenoxy) is 1. The van der Waals surface area contributed by atoms with Crippen molar-refractivity contribution in [3.8, 4) is 5.75 Å². The lowest BCUT2D eigenvalue weighted by molar-refractivity contribution is -0.140. The molecule has 1 atom stereocenters. The molecule has 1 aromatic rings. The monoisotopic (exact) mass is 263 g/mol. The molecule has 2 aliphatic rings. The van der Waals surface area contributed by atoms with Gasteiger partial charge in [0.05, 0.1) is 25.9 Å². The van der Waals surface area contributed by atoms with Gasteiger partial charge in [-0.3, -0.25) is 19.5 Å². The van der Waals surface area contributed by atoms with Crippen molar-refractivity contribution in [2.75, 3.05) is 25.3 Å². The number of carboxylic acid groups (broad SMARTS) is 1. The highest BCUT2D eigenvalue weighted by Crippen LogP contribution is 2.37. The lowest BCUT2D eigenvalue weighted by Crippen LogP contribution is -2.42. The summed E-state index contributed by atoms with van der Waals surface area (Å²) in [6.07, 6.45) is 0.788. The number of hydrogen-bond donors (Lipinski definition) is 1. The molecular weight excluding hydrogens is 250 g/mol. The molecule has 0 fully saturated rings. The van der Waals surface area contributed by atoms with Crippen molar-refractivity contribution in [1.29, 1.82) is 0 Å². The summed E-state index contributed by atoms with van der Waals surface area (Å²) in [6, 6.07) is 3.47. The normalized spacial score (nSPS) is 20.8. The Balaban J connectivity index is 2.12. The van der Waals surface area contributed by atoms with Crippen LogP contribution in [-0.2, 0) is 16.1 Å². The van der Waals surface area contributed by atoms with Crippen molar-refractivity contribution in [2.45, 2.75) is 6.42 Å². The zero-order valence-electron chi connectivity index (χ0n) is 10.4. The van der Waals surface area contributed by atoms with Gasteiger partial charge in [-0.1, -0.05) is 0 Å². The fourth-order valence-corrected chi connectivity index (χ4v) is 2.51. The second-order valence-corrected chi connectivity index (χ2v) is 4.57. The van der Waals surface area contributed by atoms with Crippen LogP contribution in [0.4, 0.5) is 5.69 Å². The van der Waals surface area contributed by atoms with Gasteiger partial charge >= 0.3 is 5.97 Å². The van der Waals surface area contributed by atoms with Crippen LogP contribution in [0.2, 0.25) is 0 Å². The number of carbonyl (C=O) groups is 2. The zero-order chi connectivity index (χ0) is 13.6. The molecule has 0 spiro atoms. The first-order chi connectivity index (χ1) is 9.11. The molecule has 2 heterocycles. The number of rotatable bonds is 2. The van der Waals surface area contributed by atoms with Crippen LogP contribution in [0, 0.1) is 5.92 Å². The summed E-state index contributed by atoms with van der Waals surface area (Å²) < 4.78 is 5.42. The maximum Gasteiger partial charge on any atom is 0.316 e. The number of hydrogen-bond acceptors (Lipinski definition) is 5. The Kier molecular flexibility index (Phi) is 2.67. The van der Waals surface area contributed by atoms with E-state index in [1.54, 1.807) is 6.07 Å². The second-order valence-electron chi connectivity index (χ2n) is 4.57. The van der Waals surface area contributed by atoms with Gasteiger partial charge in [-0.15, -0.1) is 0 Å². The van der Waals surface area contributed by atoms with E-state index < -0.39 is 17.7 Å². The van der Waals surface area contributed by atoms with E-state index in [1.165, 1.54) is 12.2 Å². The quantitative estimate of drug-likeness (QED) is 0.798. The summed E-state index contributed by atoms with van der Waals surface area (Å²) in [5.74, 6) is -1.98. The van der Waals surface area contributed by atoms with Gasteiger partial charge in [0.1, 0.15) is 11.7 Å². The predicted molar refractivity (Wildman–Crippen MR) is 65.5 cm³/mol. The van der Waals surface area contributed by atoms with E-state index in [0.717, 1.165) is 12.0 Å². The van der Waals surface area contributed by atoms with Gasteiger partial charge in [0, 0.05) is 12.0 Å². The molecule has 1 N–H and O–H groups in total. The van der Waals surface area contributed by atoms with Crippen LogP contribution in [0.3, 0.4) is 0 Å². The van der Waals surface area contributed by atoms with Gasteiger partial charge < -0.3 is 9.84 Å². The second kappa shape index (κ2) is 4.24. The maximum atomic E-state index is 12.2. The average Bonchev–Trinajstić information content (AvgIpc) is 2.84. The minimum absolute atomic E-state index is 0.0251. The minimum Gasteiger partial charge on any atom is -0.493 e. The van der Waals surface area contributed by atoms with Crippen LogP contribution in [0.5, 0.6) is 5.75 Å². The Bertz CT molecular complexity index is 568. The van der Waals surface area contributed by atoms with Crippen molar-refractivity contribution >= 4 is 17.4 Å². The Morgan fingerprint density at radius 1 is 1.53 bits per heavy atom. The molecule has 3 rings (SSSR count). The first kappa shape index (κ1) is 12.0. The van der Waals surface area contributed by atoms with Crippen molar-refractivity contribution in [3.63, 3.8) is 0 Å². The van der Waals surface area contributed by atoms with Crippen molar-refractivity contribution in [1.82, 2.24) is 0 Å². The number of aliphatic carboxylic acids is 1. The zero-order valence-corrected chi connectivity index (χ0v) is 10.4. The van der Waals surface area contributed by atoms with Crippen molar-refractivity contribution < 1.29 is 24.3 Å². The Hall–Kier alpha value is -2.08.